The zero-order valence-electron chi connectivity index (χ0n) is 25.4. The van der Waals surface area contributed by atoms with E-state index in [-0.39, 0.29) is 12.0 Å². The summed E-state index contributed by atoms with van der Waals surface area (Å²) in [7, 11) is 0. The van der Waals surface area contributed by atoms with E-state index in [0.717, 1.165) is 50.6 Å². The second-order valence-corrected chi connectivity index (χ2v) is 11.4. The Balaban J connectivity index is 1.12. The minimum Gasteiger partial charge on any atom is -0.481 e. The van der Waals surface area contributed by atoms with Gasteiger partial charge in [0, 0.05) is 61.8 Å². The van der Waals surface area contributed by atoms with Crippen LogP contribution >= 0.6 is 0 Å². The van der Waals surface area contributed by atoms with Crippen LogP contribution in [0.5, 0.6) is 0 Å². The third kappa shape index (κ3) is 6.97. The molecule has 0 radical (unpaired) electrons. The maximum atomic E-state index is 13.8. The molecule has 0 saturated carbocycles. The number of hydrogen-bond acceptors (Lipinski definition) is 8. The summed E-state index contributed by atoms with van der Waals surface area (Å²) in [6.45, 7) is 6.58. The fourth-order valence-corrected chi connectivity index (χ4v) is 5.59. The molecule has 10 heteroatoms. The number of hydrogen-bond donors (Lipinski definition) is 3. The summed E-state index contributed by atoms with van der Waals surface area (Å²) in [5.74, 6) is 0.638. The van der Waals surface area contributed by atoms with Gasteiger partial charge in [0.05, 0.1) is 18.5 Å². The molecule has 2 aromatic carbocycles. The van der Waals surface area contributed by atoms with Crippen molar-refractivity contribution in [2.45, 2.75) is 52.7 Å². The van der Waals surface area contributed by atoms with Gasteiger partial charge in [0.2, 0.25) is 5.95 Å². The minimum absolute atomic E-state index is 0.0522. The van der Waals surface area contributed by atoms with Crippen molar-refractivity contribution >= 4 is 23.3 Å². The lowest BCUT2D eigenvalue weighted by Crippen LogP contribution is -2.37. The van der Waals surface area contributed by atoms with Crippen molar-refractivity contribution < 1.29 is 14.3 Å². The number of aliphatic carboxylic acids is 1. The van der Waals surface area contributed by atoms with Gasteiger partial charge in [0.25, 0.3) is 5.56 Å². The Morgan fingerprint density at radius 1 is 0.978 bits per heavy atom. The summed E-state index contributed by atoms with van der Waals surface area (Å²) in [6.07, 6.45) is 6.66. The molecule has 6 rings (SSSR count). The minimum atomic E-state index is -0.807. The average Bonchev–Trinajstić information content (AvgIpc) is 3.45. The Hall–Kier alpha value is -5.22. The third-order valence-corrected chi connectivity index (χ3v) is 8.15. The molecule has 3 aromatic heterocycles. The fourth-order valence-electron chi connectivity index (χ4n) is 5.59. The van der Waals surface area contributed by atoms with E-state index in [2.05, 4.69) is 20.5 Å². The predicted molar refractivity (Wildman–Crippen MR) is 173 cm³/mol. The highest BCUT2D eigenvalue weighted by atomic mass is 16.4. The van der Waals surface area contributed by atoms with E-state index in [4.69, 9.17) is 14.5 Å². The van der Waals surface area contributed by atoms with Crippen molar-refractivity contribution in [2.24, 2.45) is 0 Å². The lowest BCUT2D eigenvalue weighted by atomic mass is 10.1. The van der Waals surface area contributed by atoms with E-state index < -0.39 is 5.97 Å². The van der Waals surface area contributed by atoms with Crippen molar-refractivity contribution in [1.29, 1.82) is 0 Å². The number of fused-ring (bicyclic) bond motifs is 1. The van der Waals surface area contributed by atoms with Gasteiger partial charge in [-0.25, -0.2) is 9.97 Å². The lowest BCUT2D eigenvalue weighted by Gasteiger charge is -2.31. The predicted octanol–water partition coefficient (Wildman–Crippen LogP) is 5.45. The molecular weight excluding hydrogens is 568 g/mol. The van der Waals surface area contributed by atoms with Crippen LogP contribution in [0.15, 0.2) is 88.5 Å². The van der Waals surface area contributed by atoms with Gasteiger partial charge in [-0.3, -0.25) is 14.2 Å². The van der Waals surface area contributed by atoms with Gasteiger partial charge in [-0.2, -0.15) is 0 Å². The molecule has 0 aliphatic carbocycles. The summed E-state index contributed by atoms with van der Waals surface area (Å²) in [5.41, 5.74) is 8.39. The Labute approximate surface area is 261 Å². The van der Waals surface area contributed by atoms with Gasteiger partial charge in [-0.15, -0.1) is 0 Å². The lowest BCUT2D eigenvalue weighted by molar-refractivity contribution is -0.136. The Morgan fingerprint density at radius 2 is 1.76 bits per heavy atom. The topological polar surface area (TPSA) is 126 Å². The summed E-state index contributed by atoms with van der Waals surface area (Å²) in [4.78, 5) is 36.0. The van der Waals surface area contributed by atoms with Crippen LogP contribution in [0, 0.1) is 13.8 Å². The molecule has 5 aromatic rings. The molecule has 45 heavy (non-hydrogen) atoms. The molecular formula is C35H36N6O4. The van der Waals surface area contributed by atoms with Crippen LogP contribution in [-0.4, -0.2) is 32.2 Å². The number of carboxylic acids is 1. The number of aromatic nitrogens is 3. The van der Waals surface area contributed by atoms with E-state index in [0.29, 0.717) is 50.7 Å². The van der Waals surface area contributed by atoms with Gasteiger partial charge in [0.1, 0.15) is 11.4 Å². The highest BCUT2D eigenvalue weighted by Gasteiger charge is 2.23. The molecule has 0 fully saturated rings. The second kappa shape index (κ2) is 13.2. The summed E-state index contributed by atoms with van der Waals surface area (Å²) in [5, 5.41) is 15.5. The van der Waals surface area contributed by atoms with Gasteiger partial charge < -0.3 is 25.1 Å². The molecule has 1 aliphatic rings. The first-order chi connectivity index (χ1) is 21.8. The molecule has 0 saturated heterocycles. The van der Waals surface area contributed by atoms with Crippen molar-refractivity contribution in [3.05, 3.63) is 129 Å². The Morgan fingerprint density at radius 3 is 2.49 bits per heavy atom. The Bertz CT molecular complexity index is 1860. The zero-order valence-corrected chi connectivity index (χ0v) is 25.4. The first kappa shape index (κ1) is 29.8. The number of anilines is 3. The van der Waals surface area contributed by atoms with E-state index in [1.165, 1.54) is 0 Å². The van der Waals surface area contributed by atoms with E-state index in [1.807, 2.05) is 86.9 Å². The van der Waals surface area contributed by atoms with Crippen LogP contribution in [0.25, 0.3) is 5.69 Å². The van der Waals surface area contributed by atoms with E-state index >= 15 is 0 Å². The zero-order chi connectivity index (χ0) is 31.3. The molecule has 0 bridgehead atoms. The maximum absolute atomic E-state index is 13.8. The normalized spacial score (nSPS) is 12.6. The number of aryl methyl sites for hydroxylation is 3. The largest absolute Gasteiger partial charge is 0.481 e. The monoisotopic (exact) mass is 604 g/mol. The number of nitrogens with zero attached hydrogens (tertiary/aromatic N) is 4. The molecule has 0 amide bonds. The van der Waals surface area contributed by atoms with Gasteiger partial charge in [-0.05, 0) is 78.9 Å². The molecule has 10 nitrogen and oxygen atoms in total. The van der Waals surface area contributed by atoms with Gasteiger partial charge in [-0.1, -0.05) is 24.3 Å². The van der Waals surface area contributed by atoms with Crippen LogP contribution in [-0.2, 0) is 37.3 Å². The number of pyridine rings is 1. The van der Waals surface area contributed by atoms with Crippen LogP contribution in [0.1, 0.15) is 45.7 Å². The molecule has 230 valence electrons. The summed E-state index contributed by atoms with van der Waals surface area (Å²) >= 11 is 0. The van der Waals surface area contributed by atoms with Crippen LogP contribution in [0.2, 0.25) is 0 Å². The third-order valence-electron chi connectivity index (χ3n) is 8.15. The van der Waals surface area contributed by atoms with Crippen molar-refractivity contribution in [1.82, 2.24) is 19.9 Å². The van der Waals surface area contributed by atoms with Crippen molar-refractivity contribution in [3.8, 4) is 5.69 Å². The number of carbonyl (C=O) groups is 1. The number of benzene rings is 2. The number of carboxylic acid groups (broad SMARTS) is 1. The Kier molecular flexibility index (Phi) is 8.74. The summed E-state index contributed by atoms with van der Waals surface area (Å²) < 4.78 is 7.20. The van der Waals surface area contributed by atoms with Gasteiger partial charge in [0.15, 0.2) is 0 Å². The van der Waals surface area contributed by atoms with Crippen LogP contribution in [0.4, 0.5) is 17.3 Å². The smallest absolute Gasteiger partial charge is 0.303 e. The van der Waals surface area contributed by atoms with Crippen molar-refractivity contribution in [3.63, 3.8) is 0 Å². The fraction of sp³-hybridized carbons (Fsp3) is 0.257. The van der Waals surface area contributed by atoms with Crippen LogP contribution < -0.4 is 21.1 Å². The van der Waals surface area contributed by atoms with Crippen LogP contribution in [0.3, 0.4) is 0 Å². The highest BCUT2D eigenvalue weighted by Crippen LogP contribution is 2.25. The quantitative estimate of drug-likeness (QED) is 0.180. The molecule has 0 atom stereocenters. The summed E-state index contributed by atoms with van der Waals surface area (Å²) in [6, 6.07) is 19.6. The van der Waals surface area contributed by atoms with E-state index in [9.17, 15) is 9.59 Å². The van der Waals surface area contributed by atoms with Crippen molar-refractivity contribution in [2.75, 3.05) is 16.8 Å². The van der Waals surface area contributed by atoms with Gasteiger partial charge >= 0.3 is 5.97 Å². The number of nitrogens with one attached hydrogen (secondary N) is 2. The molecule has 3 N–H and O–H groups in total. The average molecular weight is 605 g/mol. The number of rotatable bonds is 11. The molecule has 0 unspecified atom stereocenters. The molecule has 0 spiro atoms. The first-order valence-corrected chi connectivity index (χ1v) is 15.1. The first-order valence-electron chi connectivity index (χ1n) is 15.1. The molecule has 4 heterocycles. The van der Waals surface area contributed by atoms with E-state index in [1.54, 1.807) is 10.8 Å². The number of furan rings is 1. The standard InChI is InChI=1S/C35H36N6O4/c1-23-15-18-45-31(23)21-36-19-26-5-10-29(11-6-26)41-17-13-24(2)33(34(41)44)40-16-14-30-27(22-40)20-37-35(39-30)38-28-8-3-25(4-9-28)7-12-32(42)43/h3-6,8-11,13,15,17-18,20,36H,7,12,14,16,19,21-22H2,1-2H3,(H,42,43)(H,37,38,39). The maximum Gasteiger partial charge on any atom is 0.303 e. The molecule has 1 aliphatic heterocycles. The highest BCUT2D eigenvalue weighted by molar-refractivity contribution is 5.67. The SMILES string of the molecule is Cc1ccoc1CNCc1ccc(-n2ccc(C)c(N3CCc4nc(Nc5ccc(CCC(=O)O)cc5)ncc4C3)c2=O)cc1. The second-order valence-electron chi connectivity index (χ2n) is 11.4.